The van der Waals surface area contributed by atoms with Crippen molar-refractivity contribution in [3.63, 3.8) is 0 Å². The van der Waals surface area contributed by atoms with Crippen LogP contribution in [0.15, 0.2) is 23.1 Å². The first-order chi connectivity index (χ1) is 8.36. The smallest absolute Gasteiger partial charge is 0.0765 e. The van der Waals surface area contributed by atoms with Gasteiger partial charge in [-0.3, -0.25) is 5.84 Å². The van der Waals surface area contributed by atoms with E-state index < -0.39 is 0 Å². The maximum Gasteiger partial charge on any atom is 0.0765 e. The van der Waals surface area contributed by atoms with Crippen molar-refractivity contribution in [2.75, 3.05) is 0 Å². The van der Waals surface area contributed by atoms with Crippen LogP contribution in [0.1, 0.15) is 55.5 Å². The van der Waals surface area contributed by atoms with Crippen LogP contribution in [0.5, 0.6) is 0 Å². The lowest BCUT2D eigenvalue weighted by molar-refractivity contribution is 0.597. The van der Waals surface area contributed by atoms with Gasteiger partial charge in [0.05, 0.1) is 6.04 Å². The van der Waals surface area contributed by atoms with Crippen LogP contribution in [-0.2, 0) is 6.42 Å². The van der Waals surface area contributed by atoms with Crippen molar-refractivity contribution in [1.82, 2.24) is 5.43 Å². The molecule has 2 nitrogen and oxygen atoms in total. The van der Waals surface area contributed by atoms with Crippen LogP contribution < -0.4 is 11.3 Å². The molecule has 1 aliphatic carbocycles. The molecule has 0 amide bonds. The first kappa shape index (κ1) is 12.8. The van der Waals surface area contributed by atoms with E-state index >= 15 is 0 Å². The van der Waals surface area contributed by atoms with Gasteiger partial charge in [-0.05, 0) is 49.1 Å². The van der Waals surface area contributed by atoms with Gasteiger partial charge in [-0.25, -0.2) is 5.43 Å². The second-order valence-corrected chi connectivity index (χ2v) is 5.59. The summed E-state index contributed by atoms with van der Waals surface area (Å²) in [5.74, 6) is 5.79. The van der Waals surface area contributed by atoms with Crippen LogP contribution in [0, 0.1) is 0 Å². The zero-order valence-corrected chi connectivity index (χ0v) is 11.4. The Balaban J connectivity index is 2.23. The molecule has 2 rings (SSSR count). The molecular weight excluding hydrogens is 228 g/mol. The van der Waals surface area contributed by atoms with Gasteiger partial charge in [-0.2, -0.15) is 0 Å². The van der Waals surface area contributed by atoms with Gasteiger partial charge in [-0.1, -0.05) is 25.0 Å². The van der Waals surface area contributed by atoms with Crippen molar-refractivity contribution in [2.45, 2.75) is 51.5 Å². The fourth-order valence-electron chi connectivity index (χ4n) is 2.55. The summed E-state index contributed by atoms with van der Waals surface area (Å²) in [5.41, 5.74) is 5.94. The van der Waals surface area contributed by atoms with Gasteiger partial charge in [0, 0.05) is 4.88 Å². The van der Waals surface area contributed by atoms with Gasteiger partial charge in [0.25, 0.3) is 0 Å². The molecule has 1 aromatic rings. The fourth-order valence-corrected chi connectivity index (χ4v) is 3.64. The van der Waals surface area contributed by atoms with Crippen LogP contribution in [0.2, 0.25) is 0 Å². The molecule has 94 valence electrons. The van der Waals surface area contributed by atoms with Gasteiger partial charge in [0.1, 0.15) is 0 Å². The fraction of sp³-hybridized carbons (Fsp3) is 0.571. The van der Waals surface area contributed by atoms with Gasteiger partial charge >= 0.3 is 0 Å². The highest BCUT2D eigenvalue weighted by atomic mass is 32.1. The van der Waals surface area contributed by atoms with Crippen molar-refractivity contribution in [3.05, 3.63) is 33.5 Å². The SMILES string of the molecule is CCc1ccsc1C(NN)C1=CCCCCC1. The molecular formula is C14H22N2S. The van der Waals surface area contributed by atoms with Crippen molar-refractivity contribution < 1.29 is 0 Å². The number of allylic oxidation sites excluding steroid dienone is 1. The van der Waals surface area contributed by atoms with E-state index in [2.05, 4.69) is 29.9 Å². The maximum absolute atomic E-state index is 5.79. The predicted molar refractivity (Wildman–Crippen MR) is 74.9 cm³/mol. The van der Waals surface area contributed by atoms with E-state index in [1.54, 1.807) is 0 Å². The summed E-state index contributed by atoms with van der Waals surface area (Å²) < 4.78 is 0. The van der Waals surface area contributed by atoms with Crippen LogP contribution in [-0.4, -0.2) is 0 Å². The molecule has 0 fully saturated rings. The number of nitrogens with two attached hydrogens (primary N) is 1. The Morgan fingerprint density at radius 3 is 3.06 bits per heavy atom. The average Bonchev–Trinajstić information content (AvgIpc) is 2.65. The summed E-state index contributed by atoms with van der Waals surface area (Å²) >= 11 is 1.82. The quantitative estimate of drug-likeness (QED) is 0.486. The summed E-state index contributed by atoms with van der Waals surface area (Å²) in [7, 11) is 0. The van der Waals surface area contributed by atoms with E-state index in [9.17, 15) is 0 Å². The molecule has 1 atom stereocenters. The normalized spacial score (nSPS) is 18.6. The maximum atomic E-state index is 5.79. The van der Waals surface area contributed by atoms with Gasteiger partial charge in [0.15, 0.2) is 0 Å². The van der Waals surface area contributed by atoms with Crippen molar-refractivity contribution >= 4 is 11.3 Å². The number of hydrazine groups is 1. The minimum Gasteiger partial charge on any atom is -0.271 e. The summed E-state index contributed by atoms with van der Waals surface area (Å²) in [4.78, 5) is 1.41. The monoisotopic (exact) mass is 250 g/mol. The molecule has 1 heterocycles. The molecule has 0 spiro atoms. The minimum atomic E-state index is 0.239. The Morgan fingerprint density at radius 2 is 2.29 bits per heavy atom. The van der Waals surface area contributed by atoms with Gasteiger partial charge in [0.2, 0.25) is 0 Å². The van der Waals surface area contributed by atoms with Gasteiger partial charge in [-0.15, -0.1) is 11.3 Å². The Hall–Kier alpha value is -0.640. The number of nitrogens with one attached hydrogen (secondary N) is 1. The number of aryl methyl sites for hydroxylation is 1. The highest BCUT2D eigenvalue weighted by Gasteiger charge is 2.19. The summed E-state index contributed by atoms with van der Waals surface area (Å²) in [5, 5.41) is 2.18. The predicted octanol–water partition coefficient (Wildman–Crippen LogP) is 3.71. The third kappa shape index (κ3) is 2.97. The Bertz CT molecular complexity index is 381. The number of hydrogen-bond donors (Lipinski definition) is 2. The molecule has 0 radical (unpaired) electrons. The average molecular weight is 250 g/mol. The number of thiophene rings is 1. The van der Waals surface area contributed by atoms with E-state index in [0.29, 0.717) is 0 Å². The summed E-state index contributed by atoms with van der Waals surface area (Å²) in [6, 6.07) is 2.46. The Labute approximate surface area is 108 Å². The Kier molecular flexibility index (Phi) is 4.77. The molecule has 1 aromatic heterocycles. The van der Waals surface area contributed by atoms with E-state index in [1.807, 2.05) is 11.3 Å². The molecule has 1 aliphatic rings. The highest BCUT2D eigenvalue weighted by molar-refractivity contribution is 7.10. The first-order valence-electron chi connectivity index (χ1n) is 6.58. The highest BCUT2D eigenvalue weighted by Crippen LogP contribution is 2.33. The second-order valence-electron chi connectivity index (χ2n) is 4.64. The van der Waals surface area contributed by atoms with Crippen LogP contribution >= 0.6 is 11.3 Å². The molecule has 1 unspecified atom stereocenters. The Morgan fingerprint density at radius 1 is 1.41 bits per heavy atom. The third-order valence-corrected chi connectivity index (χ3v) is 4.56. The van der Waals surface area contributed by atoms with Crippen LogP contribution in [0.3, 0.4) is 0 Å². The van der Waals surface area contributed by atoms with Crippen molar-refractivity contribution in [1.29, 1.82) is 0 Å². The largest absolute Gasteiger partial charge is 0.271 e. The van der Waals surface area contributed by atoms with E-state index in [-0.39, 0.29) is 6.04 Å². The van der Waals surface area contributed by atoms with Gasteiger partial charge < -0.3 is 0 Å². The number of hydrogen-bond acceptors (Lipinski definition) is 3. The summed E-state index contributed by atoms with van der Waals surface area (Å²) in [6.45, 7) is 2.21. The zero-order valence-electron chi connectivity index (χ0n) is 10.5. The molecule has 17 heavy (non-hydrogen) atoms. The van der Waals surface area contributed by atoms with E-state index in [4.69, 9.17) is 5.84 Å². The second kappa shape index (κ2) is 6.34. The lowest BCUT2D eigenvalue weighted by atomic mass is 9.98. The van der Waals surface area contributed by atoms with Crippen molar-refractivity contribution in [3.8, 4) is 0 Å². The van der Waals surface area contributed by atoms with Crippen LogP contribution in [0.4, 0.5) is 0 Å². The topological polar surface area (TPSA) is 38.0 Å². The molecule has 0 aliphatic heterocycles. The molecule has 3 N–H and O–H groups in total. The minimum absolute atomic E-state index is 0.239. The molecule has 0 saturated heterocycles. The molecule has 0 aromatic carbocycles. The molecule has 0 saturated carbocycles. The lowest BCUT2D eigenvalue weighted by Crippen LogP contribution is -2.29. The van der Waals surface area contributed by atoms with E-state index in [1.165, 1.54) is 48.1 Å². The lowest BCUT2D eigenvalue weighted by Gasteiger charge is -2.19. The molecule has 3 heteroatoms. The first-order valence-corrected chi connectivity index (χ1v) is 7.46. The standard InChI is InChI=1S/C14H22N2S/c1-2-11-9-10-17-14(11)13(16-15)12-7-5-3-4-6-8-12/h7,9-10,13,16H,2-6,8,15H2,1H3. The third-order valence-electron chi connectivity index (χ3n) is 3.54. The zero-order chi connectivity index (χ0) is 12.1. The van der Waals surface area contributed by atoms with Crippen molar-refractivity contribution in [2.24, 2.45) is 5.84 Å². The van der Waals surface area contributed by atoms with E-state index in [0.717, 1.165) is 6.42 Å². The number of rotatable bonds is 4. The molecule has 0 bridgehead atoms. The summed E-state index contributed by atoms with van der Waals surface area (Å²) in [6.07, 6.45) is 9.86. The van der Waals surface area contributed by atoms with Crippen LogP contribution in [0.25, 0.3) is 0 Å².